The number of fused-ring (bicyclic) bond motifs is 1. The predicted molar refractivity (Wildman–Crippen MR) is 81.2 cm³/mol. The van der Waals surface area contributed by atoms with E-state index in [1.54, 1.807) is 7.11 Å². The molecule has 0 aliphatic carbocycles. The van der Waals surface area contributed by atoms with Crippen LogP contribution in [0.15, 0.2) is 41.3 Å². The summed E-state index contributed by atoms with van der Waals surface area (Å²) in [6.07, 6.45) is 1.37. The standard InChI is InChI=1S/C14H11N3O3S/c1-20-9-3-4-10-11(6-9)21-14(16-10)17-13(19)8-2-5-12(18)15-7-8/h2-7H,1H3,(H,15,18)(H,16,17,19). The zero-order valence-corrected chi connectivity index (χ0v) is 11.9. The average molecular weight is 301 g/mol. The van der Waals surface area contributed by atoms with Gasteiger partial charge in [-0.05, 0) is 24.3 Å². The van der Waals surface area contributed by atoms with E-state index in [0.717, 1.165) is 16.0 Å². The number of hydrogen-bond acceptors (Lipinski definition) is 5. The largest absolute Gasteiger partial charge is 0.497 e. The van der Waals surface area contributed by atoms with Gasteiger partial charge >= 0.3 is 0 Å². The first-order valence-corrected chi connectivity index (χ1v) is 6.92. The number of thiazole rings is 1. The molecule has 2 aromatic heterocycles. The van der Waals surface area contributed by atoms with Crippen LogP contribution in [0.4, 0.5) is 5.13 Å². The number of methoxy groups -OCH3 is 1. The number of rotatable bonds is 3. The maximum atomic E-state index is 12.0. The molecule has 0 unspecified atom stereocenters. The van der Waals surface area contributed by atoms with Crippen LogP contribution in [0.2, 0.25) is 0 Å². The highest BCUT2D eigenvalue weighted by Gasteiger charge is 2.10. The van der Waals surface area contributed by atoms with E-state index in [1.807, 2.05) is 18.2 Å². The molecule has 0 aliphatic rings. The number of aromatic amines is 1. The number of pyridine rings is 1. The summed E-state index contributed by atoms with van der Waals surface area (Å²) in [5, 5.41) is 3.21. The molecule has 1 aromatic carbocycles. The third-order valence-electron chi connectivity index (χ3n) is 2.86. The van der Waals surface area contributed by atoms with E-state index >= 15 is 0 Å². The van der Waals surface area contributed by atoms with Crippen LogP contribution in [-0.4, -0.2) is 23.0 Å². The highest BCUT2D eigenvalue weighted by atomic mass is 32.1. The van der Waals surface area contributed by atoms with Crippen LogP contribution in [0.3, 0.4) is 0 Å². The van der Waals surface area contributed by atoms with Gasteiger partial charge in [0, 0.05) is 12.3 Å². The first-order chi connectivity index (χ1) is 10.2. The van der Waals surface area contributed by atoms with Crippen molar-refractivity contribution in [3.05, 3.63) is 52.4 Å². The van der Waals surface area contributed by atoms with Crippen molar-refractivity contribution in [1.29, 1.82) is 0 Å². The normalized spacial score (nSPS) is 10.5. The van der Waals surface area contributed by atoms with Gasteiger partial charge in [-0.2, -0.15) is 0 Å². The van der Waals surface area contributed by atoms with E-state index in [-0.39, 0.29) is 11.5 Å². The summed E-state index contributed by atoms with van der Waals surface area (Å²) in [5.41, 5.74) is 0.905. The minimum atomic E-state index is -0.322. The maximum Gasteiger partial charge on any atom is 0.258 e. The van der Waals surface area contributed by atoms with Crippen molar-refractivity contribution in [2.45, 2.75) is 0 Å². The van der Waals surface area contributed by atoms with E-state index in [0.29, 0.717) is 10.7 Å². The topological polar surface area (TPSA) is 84.1 Å². The molecule has 0 bridgehead atoms. The number of aromatic nitrogens is 2. The molecule has 0 saturated heterocycles. The van der Waals surface area contributed by atoms with Crippen molar-refractivity contribution in [3.63, 3.8) is 0 Å². The summed E-state index contributed by atoms with van der Waals surface area (Å²) < 4.78 is 6.07. The third-order valence-corrected chi connectivity index (χ3v) is 3.80. The summed E-state index contributed by atoms with van der Waals surface area (Å²) in [4.78, 5) is 29.8. The van der Waals surface area contributed by atoms with Crippen LogP contribution >= 0.6 is 11.3 Å². The second-order valence-electron chi connectivity index (χ2n) is 4.25. The Hall–Kier alpha value is -2.67. The second kappa shape index (κ2) is 5.37. The lowest BCUT2D eigenvalue weighted by Gasteiger charge is -1.99. The van der Waals surface area contributed by atoms with Crippen LogP contribution < -0.4 is 15.6 Å². The minimum absolute atomic E-state index is 0.251. The minimum Gasteiger partial charge on any atom is -0.497 e. The molecule has 0 saturated carbocycles. The van der Waals surface area contributed by atoms with Crippen molar-refractivity contribution in [2.24, 2.45) is 0 Å². The van der Waals surface area contributed by atoms with Gasteiger partial charge in [0.25, 0.3) is 5.91 Å². The molecule has 3 aromatic rings. The van der Waals surface area contributed by atoms with Gasteiger partial charge < -0.3 is 9.72 Å². The van der Waals surface area contributed by atoms with Gasteiger partial charge in [-0.15, -0.1) is 0 Å². The van der Waals surface area contributed by atoms with E-state index in [9.17, 15) is 9.59 Å². The smallest absolute Gasteiger partial charge is 0.258 e. The van der Waals surface area contributed by atoms with Gasteiger partial charge in [0.05, 0.1) is 22.9 Å². The fraction of sp³-hybridized carbons (Fsp3) is 0.0714. The number of carbonyl (C=O) groups is 1. The molecule has 1 amide bonds. The number of benzene rings is 1. The first-order valence-electron chi connectivity index (χ1n) is 6.10. The van der Waals surface area contributed by atoms with E-state index in [4.69, 9.17) is 4.74 Å². The zero-order chi connectivity index (χ0) is 14.8. The average Bonchev–Trinajstić information content (AvgIpc) is 2.88. The zero-order valence-electron chi connectivity index (χ0n) is 11.0. The van der Waals surface area contributed by atoms with Crippen molar-refractivity contribution < 1.29 is 9.53 Å². The fourth-order valence-corrected chi connectivity index (χ4v) is 2.70. The molecule has 7 heteroatoms. The molecule has 2 N–H and O–H groups in total. The predicted octanol–water partition coefficient (Wildman–Crippen LogP) is 2.25. The van der Waals surface area contributed by atoms with Crippen LogP contribution in [0.1, 0.15) is 10.4 Å². The van der Waals surface area contributed by atoms with Crippen molar-refractivity contribution in [1.82, 2.24) is 9.97 Å². The summed E-state index contributed by atoms with van der Waals surface area (Å²) >= 11 is 1.36. The van der Waals surface area contributed by atoms with Gasteiger partial charge in [-0.25, -0.2) is 4.98 Å². The Bertz CT molecular complexity index is 849. The Balaban J connectivity index is 1.85. The lowest BCUT2D eigenvalue weighted by atomic mass is 10.3. The molecule has 21 heavy (non-hydrogen) atoms. The maximum absolute atomic E-state index is 12.0. The number of anilines is 1. The lowest BCUT2D eigenvalue weighted by Crippen LogP contribution is -2.14. The molecule has 6 nitrogen and oxygen atoms in total. The Morgan fingerprint density at radius 3 is 2.90 bits per heavy atom. The Morgan fingerprint density at radius 2 is 2.19 bits per heavy atom. The Labute approximate surface area is 123 Å². The third kappa shape index (κ3) is 2.77. The molecule has 106 valence electrons. The van der Waals surface area contributed by atoms with Crippen LogP contribution in [-0.2, 0) is 0 Å². The molecular weight excluding hydrogens is 290 g/mol. The molecule has 2 heterocycles. The van der Waals surface area contributed by atoms with E-state index < -0.39 is 0 Å². The molecule has 0 aliphatic heterocycles. The van der Waals surface area contributed by atoms with Gasteiger partial charge in [0.15, 0.2) is 5.13 Å². The highest BCUT2D eigenvalue weighted by molar-refractivity contribution is 7.22. The van der Waals surface area contributed by atoms with Gasteiger partial charge in [0.1, 0.15) is 5.75 Å². The van der Waals surface area contributed by atoms with Crippen molar-refractivity contribution in [3.8, 4) is 5.75 Å². The summed E-state index contributed by atoms with van der Waals surface area (Å²) in [6, 6.07) is 8.28. The Morgan fingerprint density at radius 1 is 1.33 bits per heavy atom. The van der Waals surface area contributed by atoms with Crippen LogP contribution in [0, 0.1) is 0 Å². The Kier molecular flexibility index (Phi) is 3.41. The molecular formula is C14H11N3O3S. The van der Waals surface area contributed by atoms with Crippen molar-refractivity contribution >= 4 is 32.6 Å². The highest BCUT2D eigenvalue weighted by Crippen LogP contribution is 2.29. The SMILES string of the molecule is COc1ccc2nc(NC(=O)c3ccc(=O)[nH]c3)sc2c1. The van der Waals surface area contributed by atoms with Crippen molar-refractivity contribution in [2.75, 3.05) is 12.4 Å². The summed E-state index contributed by atoms with van der Waals surface area (Å²) in [5.74, 6) is 0.418. The molecule has 0 spiro atoms. The summed E-state index contributed by atoms with van der Waals surface area (Å²) in [6.45, 7) is 0. The van der Waals surface area contributed by atoms with E-state index in [2.05, 4.69) is 15.3 Å². The molecule has 3 rings (SSSR count). The number of carbonyl (C=O) groups excluding carboxylic acids is 1. The molecule has 0 radical (unpaired) electrons. The van der Waals surface area contributed by atoms with E-state index in [1.165, 1.54) is 29.7 Å². The molecule has 0 fully saturated rings. The molecule has 0 atom stereocenters. The second-order valence-corrected chi connectivity index (χ2v) is 5.28. The number of nitrogens with one attached hydrogen (secondary N) is 2. The fourth-order valence-electron chi connectivity index (χ4n) is 1.81. The quantitative estimate of drug-likeness (QED) is 0.777. The van der Waals surface area contributed by atoms with Crippen LogP contribution in [0.25, 0.3) is 10.2 Å². The monoisotopic (exact) mass is 301 g/mol. The van der Waals surface area contributed by atoms with Gasteiger partial charge in [-0.3, -0.25) is 14.9 Å². The lowest BCUT2D eigenvalue weighted by molar-refractivity contribution is 0.102. The summed E-state index contributed by atoms with van der Waals surface area (Å²) in [7, 11) is 1.60. The van der Waals surface area contributed by atoms with Crippen LogP contribution in [0.5, 0.6) is 5.75 Å². The van der Waals surface area contributed by atoms with Gasteiger partial charge in [0.2, 0.25) is 5.56 Å². The number of H-pyrrole nitrogens is 1. The first kappa shape index (κ1) is 13.3. The number of nitrogens with zero attached hydrogens (tertiary/aromatic N) is 1. The number of hydrogen-bond donors (Lipinski definition) is 2. The number of amides is 1. The number of ether oxygens (including phenoxy) is 1. The van der Waals surface area contributed by atoms with Gasteiger partial charge in [-0.1, -0.05) is 11.3 Å².